The smallest absolute Gasteiger partial charge is 0.394 e. The van der Waals surface area contributed by atoms with Crippen molar-refractivity contribution in [3.05, 3.63) is 0 Å². The van der Waals surface area contributed by atoms with Gasteiger partial charge in [0.2, 0.25) is 0 Å². The molecular weight excluding hydrogens is 472 g/mol. The van der Waals surface area contributed by atoms with E-state index in [2.05, 4.69) is 11.9 Å². The summed E-state index contributed by atoms with van der Waals surface area (Å²) in [5.41, 5.74) is 16.3. The Hall–Kier alpha value is -1.43. The minimum absolute atomic E-state index is 0.0645. The summed E-state index contributed by atoms with van der Waals surface area (Å²) >= 11 is 0. The molecule has 0 aliphatic rings. The normalized spacial score (nSPS) is 11.9. The molecule has 0 fully saturated rings. The highest BCUT2D eigenvalue weighted by molar-refractivity contribution is 7.79. The van der Waals surface area contributed by atoms with Crippen molar-refractivity contribution in [2.75, 3.05) is 13.2 Å². The van der Waals surface area contributed by atoms with Crippen LogP contribution in [0.4, 0.5) is 0 Å². The fraction of sp³-hybridized carbons (Fsp3) is 0.917. The van der Waals surface area contributed by atoms with Crippen LogP contribution in [0.2, 0.25) is 0 Å². The summed E-state index contributed by atoms with van der Waals surface area (Å²) in [5.74, 6) is -0.254. The van der Waals surface area contributed by atoms with Crippen molar-refractivity contribution in [1.29, 1.82) is 0 Å². The summed E-state index contributed by atoms with van der Waals surface area (Å²) < 4.78 is 36.8. The zero-order valence-electron chi connectivity index (χ0n) is 21.8. The standard InChI is InChI=1S/C24H50N4O2.H2O4S/c1-2-3-4-5-6-7-8-9-10-11-12-13-14-15-16-17-21-30-23(29)22(25)19-18-20-28-24(26)27;1-5(2,3)4/h22H,2-21,25H2,1H3,(H4,26,27,28);(H2,1,2,3,4)/t22-;/m0./s1. The topological polar surface area (TPSA) is 191 Å². The Morgan fingerprint density at radius 1 is 0.771 bits per heavy atom. The predicted octanol–water partition coefficient (Wildman–Crippen LogP) is 4.52. The number of guanidine groups is 1. The highest BCUT2D eigenvalue weighted by Gasteiger charge is 2.14. The molecule has 0 heterocycles. The Labute approximate surface area is 213 Å². The van der Waals surface area contributed by atoms with Gasteiger partial charge in [0.05, 0.1) is 6.61 Å². The van der Waals surface area contributed by atoms with E-state index in [9.17, 15) is 4.79 Å². The van der Waals surface area contributed by atoms with Crippen LogP contribution in [0.5, 0.6) is 0 Å². The fourth-order valence-corrected chi connectivity index (χ4v) is 3.57. The van der Waals surface area contributed by atoms with Gasteiger partial charge < -0.3 is 21.9 Å². The zero-order valence-corrected chi connectivity index (χ0v) is 22.7. The van der Waals surface area contributed by atoms with Crippen LogP contribution in [0.1, 0.15) is 122 Å². The molecule has 35 heavy (non-hydrogen) atoms. The molecule has 10 nitrogen and oxygen atoms in total. The molecule has 8 N–H and O–H groups in total. The molecule has 0 aromatic heterocycles. The number of nitrogens with two attached hydrogens (primary N) is 3. The van der Waals surface area contributed by atoms with E-state index >= 15 is 0 Å². The number of unbranched alkanes of at least 4 members (excludes halogenated alkanes) is 15. The molecule has 0 bridgehead atoms. The average molecular weight is 525 g/mol. The van der Waals surface area contributed by atoms with Crippen molar-refractivity contribution in [3.8, 4) is 0 Å². The van der Waals surface area contributed by atoms with Crippen LogP contribution in [0.25, 0.3) is 0 Å². The van der Waals surface area contributed by atoms with Gasteiger partial charge in [-0.2, -0.15) is 8.42 Å². The van der Waals surface area contributed by atoms with Crippen LogP contribution >= 0.6 is 0 Å². The number of esters is 1. The van der Waals surface area contributed by atoms with Crippen molar-refractivity contribution < 1.29 is 27.1 Å². The summed E-state index contributed by atoms with van der Waals surface area (Å²) in [5, 5.41) is 0. The van der Waals surface area contributed by atoms with E-state index in [1.54, 1.807) is 0 Å². The molecule has 0 spiro atoms. The summed E-state index contributed by atoms with van der Waals surface area (Å²) in [6, 6.07) is -0.583. The summed E-state index contributed by atoms with van der Waals surface area (Å²) in [6.45, 7) is 3.23. The molecule has 11 heteroatoms. The lowest BCUT2D eigenvalue weighted by atomic mass is 10.0. The maximum Gasteiger partial charge on any atom is 0.394 e. The lowest BCUT2D eigenvalue weighted by Crippen LogP contribution is -2.32. The van der Waals surface area contributed by atoms with Crippen molar-refractivity contribution in [1.82, 2.24) is 0 Å². The van der Waals surface area contributed by atoms with Crippen molar-refractivity contribution in [2.24, 2.45) is 22.2 Å². The maximum atomic E-state index is 11.8. The first-order chi connectivity index (χ1) is 16.6. The Balaban J connectivity index is 0. The molecule has 0 rings (SSSR count). The van der Waals surface area contributed by atoms with Gasteiger partial charge in [-0.05, 0) is 19.3 Å². The largest absolute Gasteiger partial charge is 0.465 e. The molecule has 1 atom stereocenters. The van der Waals surface area contributed by atoms with E-state index < -0.39 is 16.4 Å². The Morgan fingerprint density at radius 2 is 1.14 bits per heavy atom. The Bertz CT molecular complexity index is 605. The Morgan fingerprint density at radius 3 is 1.51 bits per heavy atom. The van der Waals surface area contributed by atoms with Crippen LogP contribution in [-0.2, 0) is 19.9 Å². The number of aliphatic imine (C=N–C) groups is 1. The van der Waals surface area contributed by atoms with Crippen LogP contribution in [0.3, 0.4) is 0 Å². The number of rotatable bonds is 22. The van der Waals surface area contributed by atoms with Crippen molar-refractivity contribution >= 4 is 22.3 Å². The first-order valence-corrected chi connectivity index (χ1v) is 14.6. The number of hydrogen-bond acceptors (Lipinski definition) is 6. The van der Waals surface area contributed by atoms with Gasteiger partial charge in [-0.1, -0.05) is 103 Å². The van der Waals surface area contributed by atoms with Crippen LogP contribution in [0.15, 0.2) is 4.99 Å². The van der Waals surface area contributed by atoms with Gasteiger partial charge in [0, 0.05) is 6.54 Å². The molecule has 0 aliphatic carbocycles. The maximum absolute atomic E-state index is 11.8. The van der Waals surface area contributed by atoms with Gasteiger partial charge in [0.15, 0.2) is 5.96 Å². The average Bonchev–Trinajstić information content (AvgIpc) is 2.77. The third-order valence-corrected chi connectivity index (χ3v) is 5.51. The van der Waals surface area contributed by atoms with Gasteiger partial charge in [0.25, 0.3) is 0 Å². The second-order valence-electron chi connectivity index (χ2n) is 8.97. The minimum Gasteiger partial charge on any atom is -0.465 e. The van der Waals surface area contributed by atoms with E-state index in [0.29, 0.717) is 26.0 Å². The van der Waals surface area contributed by atoms with Crippen LogP contribution in [0, 0.1) is 0 Å². The summed E-state index contributed by atoms with van der Waals surface area (Å²) in [7, 11) is -4.67. The number of nitrogens with zero attached hydrogens (tertiary/aromatic N) is 1. The number of carbonyl (C=O) groups excluding carboxylic acids is 1. The Kier molecular flexibility index (Phi) is 26.2. The van der Waals surface area contributed by atoms with Crippen LogP contribution < -0.4 is 17.2 Å². The highest BCUT2D eigenvalue weighted by atomic mass is 32.3. The third-order valence-electron chi connectivity index (χ3n) is 5.51. The van der Waals surface area contributed by atoms with Crippen molar-refractivity contribution in [2.45, 2.75) is 129 Å². The molecule has 210 valence electrons. The molecule has 0 radical (unpaired) electrons. The lowest BCUT2D eigenvalue weighted by Gasteiger charge is -2.11. The van der Waals surface area contributed by atoms with Gasteiger partial charge in [-0.3, -0.25) is 18.9 Å². The van der Waals surface area contributed by atoms with E-state index in [4.69, 9.17) is 39.5 Å². The SMILES string of the molecule is CCCCCCCCCCCCCCCCCCOC(=O)[C@@H](N)CCCN=C(N)N.O=S(=O)(O)O. The number of carbonyl (C=O) groups is 1. The summed E-state index contributed by atoms with van der Waals surface area (Å²) in [4.78, 5) is 15.7. The fourth-order valence-electron chi connectivity index (χ4n) is 3.57. The highest BCUT2D eigenvalue weighted by Crippen LogP contribution is 2.13. The second-order valence-corrected chi connectivity index (χ2v) is 9.87. The summed E-state index contributed by atoms with van der Waals surface area (Å²) in [6.07, 6.45) is 22.5. The zero-order chi connectivity index (χ0) is 26.8. The number of ether oxygens (including phenoxy) is 1. The van der Waals surface area contributed by atoms with E-state index in [-0.39, 0.29) is 11.9 Å². The van der Waals surface area contributed by atoms with Gasteiger partial charge >= 0.3 is 16.4 Å². The number of hydrogen-bond donors (Lipinski definition) is 5. The first kappa shape index (κ1) is 35.7. The molecule has 0 amide bonds. The van der Waals surface area contributed by atoms with Crippen LogP contribution in [-0.4, -0.2) is 48.6 Å². The molecule has 0 aliphatic heterocycles. The van der Waals surface area contributed by atoms with Gasteiger partial charge in [-0.15, -0.1) is 0 Å². The van der Waals surface area contributed by atoms with E-state index in [1.807, 2.05) is 0 Å². The quantitative estimate of drug-likeness (QED) is 0.0445. The third kappa shape index (κ3) is 37.3. The lowest BCUT2D eigenvalue weighted by molar-refractivity contribution is -0.145. The minimum atomic E-state index is -4.67. The van der Waals surface area contributed by atoms with E-state index in [0.717, 1.165) is 12.8 Å². The molecule has 0 aromatic carbocycles. The molecule has 0 saturated heterocycles. The molecule has 0 aromatic rings. The molecule has 0 unspecified atom stereocenters. The van der Waals surface area contributed by atoms with Gasteiger partial charge in [0.1, 0.15) is 6.04 Å². The molecular formula is C24H52N4O6S. The van der Waals surface area contributed by atoms with Crippen molar-refractivity contribution in [3.63, 3.8) is 0 Å². The monoisotopic (exact) mass is 524 g/mol. The molecule has 0 saturated carbocycles. The predicted molar refractivity (Wildman–Crippen MR) is 143 cm³/mol. The van der Waals surface area contributed by atoms with Gasteiger partial charge in [-0.25, -0.2) is 0 Å². The van der Waals surface area contributed by atoms with E-state index in [1.165, 1.54) is 89.9 Å². The second kappa shape index (κ2) is 25.7. The first-order valence-electron chi connectivity index (χ1n) is 13.2.